The number of hydrogen-bond donors (Lipinski definition) is 1. The van der Waals surface area contributed by atoms with E-state index in [-0.39, 0.29) is 6.61 Å². The third-order valence-corrected chi connectivity index (χ3v) is 2.79. The van der Waals surface area contributed by atoms with Crippen LogP contribution in [0.2, 0.25) is 0 Å². The van der Waals surface area contributed by atoms with E-state index < -0.39 is 0 Å². The van der Waals surface area contributed by atoms with Crippen LogP contribution in [0, 0.1) is 13.8 Å². The summed E-state index contributed by atoms with van der Waals surface area (Å²) in [6, 6.07) is 6.41. The van der Waals surface area contributed by atoms with Crippen LogP contribution in [0.3, 0.4) is 0 Å². The minimum Gasteiger partial charge on any atom is -0.388 e. The molecule has 84 valence electrons. The molecule has 16 heavy (non-hydrogen) atoms. The molecule has 1 N–H and O–H groups in total. The molecular formula is C13H16N2O. The fourth-order valence-electron chi connectivity index (χ4n) is 1.79. The van der Waals surface area contributed by atoms with E-state index in [1.54, 1.807) is 6.20 Å². The molecule has 0 spiro atoms. The van der Waals surface area contributed by atoms with Crippen molar-refractivity contribution in [1.29, 1.82) is 0 Å². The van der Waals surface area contributed by atoms with Crippen molar-refractivity contribution < 1.29 is 5.11 Å². The quantitative estimate of drug-likeness (QED) is 0.852. The maximum atomic E-state index is 9.13. The van der Waals surface area contributed by atoms with E-state index in [1.807, 2.05) is 10.8 Å². The molecule has 0 fully saturated rings. The summed E-state index contributed by atoms with van der Waals surface area (Å²) in [5, 5.41) is 9.13. The molecular weight excluding hydrogens is 200 g/mol. The second kappa shape index (κ2) is 4.49. The van der Waals surface area contributed by atoms with Gasteiger partial charge in [-0.3, -0.25) is 0 Å². The Kier molecular flexibility index (Phi) is 3.06. The van der Waals surface area contributed by atoms with Gasteiger partial charge in [0.05, 0.1) is 0 Å². The SMILES string of the molecule is Cc1ccc(C)c(Cn2ccnc2CO)c1. The van der Waals surface area contributed by atoms with Crippen molar-refractivity contribution >= 4 is 0 Å². The van der Waals surface area contributed by atoms with E-state index in [2.05, 4.69) is 37.0 Å². The summed E-state index contributed by atoms with van der Waals surface area (Å²) in [5.41, 5.74) is 3.79. The fraction of sp³-hybridized carbons (Fsp3) is 0.308. The zero-order chi connectivity index (χ0) is 11.5. The zero-order valence-electron chi connectivity index (χ0n) is 9.64. The van der Waals surface area contributed by atoms with Crippen LogP contribution in [0.5, 0.6) is 0 Å². The Labute approximate surface area is 95.4 Å². The molecule has 0 atom stereocenters. The molecule has 3 nitrogen and oxygen atoms in total. The van der Waals surface area contributed by atoms with E-state index in [0.29, 0.717) is 5.82 Å². The lowest BCUT2D eigenvalue weighted by Crippen LogP contribution is -2.05. The highest BCUT2D eigenvalue weighted by atomic mass is 16.3. The average Bonchev–Trinajstić information content (AvgIpc) is 2.71. The molecule has 0 unspecified atom stereocenters. The van der Waals surface area contributed by atoms with E-state index in [4.69, 9.17) is 5.11 Å². The predicted octanol–water partition coefficient (Wildman–Crippen LogP) is 2.04. The van der Waals surface area contributed by atoms with Gasteiger partial charge in [-0.15, -0.1) is 0 Å². The molecule has 2 aromatic rings. The molecule has 3 heteroatoms. The summed E-state index contributed by atoms with van der Waals surface area (Å²) in [7, 11) is 0. The first-order valence-corrected chi connectivity index (χ1v) is 5.37. The number of nitrogens with zero attached hydrogens (tertiary/aromatic N) is 2. The van der Waals surface area contributed by atoms with Gasteiger partial charge in [0.25, 0.3) is 0 Å². The van der Waals surface area contributed by atoms with Gasteiger partial charge in [-0.2, -0.15) is 0 Å². The fourth-order valence-corrected chi connectivity index (χ4v) is 1.79. The summed E-state index contributed by atoms with van der Waals surface area (Å²) in [5.74, 6) is 0.709. The van der Waals surface area contributed by atoms with Crippen molar-refractivity contribution in [2.45, 2.75) is 27.0 Å². The third kappa shape index (κ3) is 2.14. The van der Waals surface area contributed by atoms with Crippen molar-refractivity contribution in [3.05, 3.63) is 53.1 Å². The Bertz CT molecular complexity index is 488. The molecule has 1 aromatic carbocycles. The summed E-state index contributed by atoms with van der Waals surface area (Å²) in [6.45, 7) is 4.94. The van der Waals surface area contributed by atoms with Crippen molar-refractivity contribution in [2.75, 3.05) is 0 Å². The zero-order valence-corrected chi connectivity index (χ0v) is 9.64. The normalized spacial score (nSPS) is 10.7. The highest BCUT2D eigenvalue weighted by molar-refractivity contribution is 5.30. The van der Waals surface area contributed by atoms with Gasteiger partial charge in [0.15, 0.2) is 0 Å². The second-order valence-corrected chi connectivity index (χ2v) is 4.06. The molecule has 0 saturated heterocycles. The van der Waals surface area contributed by atoms with Crippen molar-refractivity contribution in [2.24, 2.45) is 0 Å². The summed E-state index contributed by atoms with van der Waals surface area (Å²) >= 11 is 0. The lowest BCUT2D eigenvalue weighted by molar-refractivity contribution is 0.266. The van der Waals surface area contributed by atoms with Gasteiger partial charge in [-0.1, -0.05) is 23.8 Å². The highest BCUT2D eigenvalue weighted by Crippen LogP contribution is 2.13. The Morgan fingerprint density at radius 1 is 1.31 bits per heavy atom. The maximum Gasteiger partial charge on any atom is 0.134 e. The van der Waals surface area contributed by atoms with E-state index in [0.717, 1.165) is 6.54 Å². The number of aromatic nitrogens is 2. The van der Waals surface area contributed by atoms with Crippen molar-refractivity contribution in [1.82, 2.24) is 9.55 Å². The van der Waals surface area contributed by atoms with Crippen LogP contribution in [-0.2, 0) is 13.2 Å². The van der Waals surface area contributed by atoms with E-state index in [1.165, 1.54) is 16.7 Å². The first-order chi connectivity index (χ1) is 7.70. The molecule has 0 saturated carbocycles. The Morgan fingerprint density at radius 2 is 2.12 bits per heavy atom. The van der Waals surface area contributed by atoms with Crippen LogP contribution in [0.4, 0.5) is 0 Å². The Hall–Kier alpha value is -1.61. The van der Waals surface area contributed by atoms with Gasteiger partial charge in [0, 0.05) is 18.9 Å². The minimum atomic E-state index is -0.0160. The van der Waals surface area contributed by atoms with Crippen molar-refractivity contribution in [3.63, 3.8) is 0 Å². The van der Waals surface area contributed by atoms with E-state index in [9.17, 15) is 0 Å². The number of aryl methyl sites for hydroxylation is 2. The number of hydrogen-bond acceptors (Lipinski definition) is 2. The molecule has 1 aromatic heterocycles. The van der Waals surface area contributed by atoms with Crippen LogP contribution >= 0.6 is 0 Å². The number of aliphatic hydroxyl groups is 1. The number of imidazole rings is 1. The van der Waals surface area contributed by atoms with Gasteiger partial charge in [0.1, 0.15) is 12.4 Å². The molecule has 0 radical (unpaired) electrons. The Balaban J connectivity index is 2.30. The van der Waals surface area contributed by atoms with Crippen LogP contribution in [-0.4, -0.2) is 14.7 Å². The smallest absolute Gasteiger partial charge is 0.134 e. The molecule has 0 aliphatic carbocycles. The Morgan fingerprint density at radius 3 is 2.88 bits per heavy atom. The van der Waals surface area contributed by atoms with Crippen LogP contribution in [0.1, 0.15) is 22.5 Å². The molecule has 0 aliphatic heterocycles. The summed E-state index contributed by atoms with van der Waals surface area (Å²) in [6.07, 6.45) is 3.62. The summed E-state index contributed by atoms with van der Waals surface area (Å²) < 4.78 is 1.97. The lowest BCUT2D eigenvalue weighted by atomic mass is 10.1. The lowest BCUT2D eigenvalue weighted by Gasteiger charge is -2.10. The number of aliphatic hydroxyl groups excluding tert-OH is 1. The van der Waals surface area contributed by atoms with Gasteiger partial charge in [-0.25, -0.2) is 4.98 Å². The molecule has 2 rings (SSSR count). The second-order valence-electron chi connectivity index (χ2n) is 4.06. The van der Waals surface area contributed by atoms with Crippen LogP contribution < -0.4 is 0 Å². The topological polar surface area (TPSA) is 38.0 Å². The van der Waals surface area contributed by atoms with Crippen LogP contribution in [0.25, 0.3) is 0 Å². The maximum absolute atomic E-state index is 9.13. The molecule has 0 aliphatic rings. The number of rotatable bonds is 3. The first-order valence-electron chi connectivity index (χ1n) is 5.37. The highest BCUT2D eigenvalue weighted by Gasteiger charge is 2.04. The molecule has 1 heterocycles. The first kappa shape index (κ1) is 10.9. The van der Waals surface area contributed by atoms with Gasteiger partial charge in [0.2, 0.25) is 0 Å². The third-order valence-electron chi connectivity index (χ3n) is 2.79. The standard InChI is InChI=1S/C13H16N2O/c1-10-3-4-11(2)12(7-10)8-15-6-5-14-13(15)9-16/h3-7,16H,8-9H2,1-2H3. The van der Waals surface area contributed by atoms with Gasteiger partial charge < -0.3 is 9.67 Å². The predicted molar refractivity (Wildman–Crippen MR) is 63.2 cm³/mol. The molecule has 0 bridgehead atoms. The molecule has 0 amide bonds. The monoisotopic (exact) mass is 216 g/mol. The van der Waals surface area contributed by atoms with Gasteiger partial charge >= 0.3 is 0 Å². The summed E-state index contributed by atoms with van der Waals surface area (Å²) in [4.78, 5) is 4.10. The van der Waals surface area contributed by atoms with E-state index >= 15 is 0 Å². The van der Waals surface area contributed by atoms with Crippen LogP contribution in [0.15, 0.2) is 30.6 Å². The van der Waals surface area contributed by atoms with Gasteiger partial charge in [-0.05, 0) is 25.0 Å². The largest absolute Gasteiger partial charge is 0.388 e. The average molecular weight is 216 g/mol. The van der Waals surface area contributed by atoms with Crippen molar-refractivity contribution in [3.8, 4) is 0 Å². The number of benzene rings is 1. The minimum absolute atomic E-state index is 0.0160.